The second-order valence-corrected chi connectivity index (χ2v) is 6.86. The molecule has 1 heterocycles. The molecule has 2 aromatic rings. The van der Waals surface area contributed by atoms with E-state index >= 15 is 0 Å². The van der Waals surface area contributed by atoms with Crippen LogP contribution in [0.1, 0.15) is 12.0 Å². The van der Waals surface area contributed by atoms with Gasteiger partial charge in [-0.1, -0.05) is 30.3 Å². The van der Waals surface area contributed by atoms with Gasteiger partial charge in [0.05, 0.1) is 7.11 Å². The molecule has 0 spiro atoms. The summed E-state index contributed by atoms with van der Waals surface area (Å²) in [5.74, 6) is 1.03. The van der Waals surface area contributed by atoms with E-state index in [2.05, 4.69) is 39.4 Å². The van der Waals surface area contributed by atoms with Crippen molar-refractivity contribution in [3.05, 3.63) is 60.2 Å². The number of nitrogens with one attached hydrogen (secondary N) is 1. The molecule has 0 aliphatic carbocycles. The Balaban J connectivity index is 1.32. The summed E-state index contributed by atoms with van der Waals surface area (Å²) in [6, 6.07) is 18.5. The molecule has 5 nitrogen and oxygen atoms in total. The van der Waals surface area contributed by atoms with Gasteiger partial charge in [0.1, 0.15) is 5.75 Å². The van der Waals surface area contributed by atoms with Crippen molar-refractivity contribution in [3.63, 3.8) is 0 Å². The van der Waals surface area contributed by atoms with E-state index in [9.17, 15) is 4.79 Å². The van der Waals surface area contributed by atoms with Crippen molar-refractivity contribution in [2.24, 2.45) is 0 Å². The SMILES string of the molecule is COc1ccc(N2CCN(CCC(=O)NCCc3ccccc3)CC2)cc1. The summed E-state index contributed by atoms with van der Waals surface area (Å²) in [7, 11) is 1.69. The van der Waals surface area contributed by atoms with Crippen LogP contribution in [0.3, 0.4) is 0 Å². The average molecular weight is 367 g/mol. The third kappa shape index (κ3) is 6.00. The van der Waals surface area contributed by atoms with Crippen LogP contribution in [0.15, 0.2) is 54.6 Å². The highest BCUT2D eigenvalue weighted by atomic mass is 16.5. The molecule has 1 saturated heterocycles. The van der Waals surface area contributed by atoms with Crippen molar-refractivity contribution < 1.29 is 9.53 Å². The lowest BCUT2D eigenvalue weighted by molar-refractivity contribution is -0.121. The van der Waals surface area contributed by atoms with Gasteiger partial charge in [-0.15, -0.1) is 0 Å². The molecule has 0 unspecified atom stereocenters. The number of piperazine rings is 1. The second kappa shape index (κ2) is 9.97. The Morgan fingerprint density at radius 1 is 1.00 bits per heavy atom. The zero-order valence-electron chi connectivity index (χ0n) is 16.1. The molecule has 27 heavy (non-hydrogen) atoms. The van der Waals surface area contributed by atoms with E-state index in [1.54, 1.807) is 7.11 Å². The van der Waals surface area contributed by atoms with Crippen LogP contribution in [0.5, 0.6) is 5.75 Å². The molecule has 2 aromatic carbocycles. The number of amides is 1. The lowest BCUT2D eigenvalue weighted by atomic mass is 10.1. The number of carbonyl (C=O) groups excluding carboxylic acids is 1. The first kappa shape index (κ1) is 19.2. The van der Waals surface area contributed by atoms with Gasteiger partial charge in [0.25, 0.3) is 0 Å². The van der Waals surface area contributed by atoms with Crippen LogP contribution >= 0.6 is 0 Å². The molecule has 5 heteroatoms. The normalized spacial score (nSPS) is 14.8. The zero-order valence-corrected chi connectivity index (χ0v) is 16.1. The van der Waals surface area contributed by atoms with Gasteiger partial charge >= 0.3 is 0 Å². The highest BCUT2D eigenvalue weighted by Crippen LogP contribution is 2.20. The van der Waals surface area contributed by atoms with Gasteiger partial charge < -0.3 is 15.0 Å². The number of hydrogen-bond donors (Lipinski definition) is 1. The summed E-state index contributed by atoms with van der Waals surface area (Å²) in [6.45, 7) is 5.48. The molecule has 144 valence electrons. The van der Waals surface area contributed by atoms with Crippen molar-refractivity contribution in [1.82, 2.24) is 10.2 Å². The Morgan fingerprint density at radius 3 is 2.37 bits per heavy atom. The van der Waals surface area contributed by atoms with Gasteiger partial charge in [-0.05, 0) is 36.2 Å². The molecular weight excluding hydrogens is 338 g/mol. The fourth-order valence-electron chi connectivity index (χ4n) is 3.36. The minimum Gasteiger partial charge on any atom is -0.497 e. The molecule has 1 aliphatic rings. The van der Waals surface area contributed by atoms with Crippen LogP contribution in [0.25, 0.3) is 0 Å². The largest absolute Gasteiger partial charge is 0.497 e. The smallest absolute Gasteiger partial charge is 0.221 e. The average Bonchev–Trinajstić information content (AvgIpc) is 2.73. The van der Waals surface area contributed by atoms with Crippen LogP contribution < -0.4 is 15.0 Å². The van der Waals surface area contributed by atoms with Gasteiger partial charge in [-0.3, -0.25) is 9.69 Å². The van der Waals surface area contributed by atoms with Crippen LogP contribution in [-0.2, 0) is 11.2 Å². The van der Waals surface area contributed by atoms with Gasteiger partial charge in [0, 0.05) is 51.4 Å². The van der Waals surface area contributed by atoms with E-state index in [0.29, 0.717) is 13.0 Å². The summed E-state index contributed by atoms with van der Waals surface area (Å²) in [5, 5.41) is 3.03. The van der Waals surface area contributed by atoms with E-state index in [1.807, 2.05) is 30.3 Å². The predicted molar refractivity (Wildman–Crippen MR) is 109 cm³/mol. The Bertz CT molecular complexity index is 695. The molecule has 0 radical (unpaired) electrons. The maximum atomic E-state index is 12.1. The number of anilines is 1. The number of carbonyl (C=O) groups is 1. The standard InChI is InChI=1S/C22H29N3O2/c1-27-21-9-7-20(8-10-21)25-17-15-24(16-18-25)14-12-22(26)23-13-11-19-5-3-2-4-6-19/h2-10H,11-18H2,1H3,(H,23,26). The minimum atomic E-state index is 0.142. The molecule has 1 N–H and O–H groups in total. The third-order valence-electron chi connectivity index (χ3n) is 5.04. The van der Waals surface area contributed by atoms with Crippen molar-refractivity contribution in [2.45, 2.75) is 12.8 Å². The topological polar surface area (TPSA) is 44.8 Å². The quantitative estimate of drug-likeness (QED) is 0.779. The third-order valence-corrected chi connectivity index (χ3v) is 5.04. The minimum absolute atomic E-state index is 0.142. The predicted octanol–water partition coefficient (Wildman–Crippen LogP) is 2.57. The first-order valence-electron chi connectivity index (χ1n) is 9.66. The first-order chi connectivity index (χ1) is 13.2. The van der Waals surface area contributed by atoms with Gasteiger partial charge in [0.15, 0.2) is 0 Å². The molecule has 3 rings (SSSR count). The maximum Gasteiger partial charge on any atom is 0.221 e. The zero-order chi connectivity index (χ0) is 18.9. The fourth-order valence-corrected chi connectivity index (χ4v) is 3.36. The number of methoxy groups -OCH3 is 1. The monoisotopic (exact) mass is 367 g/mol. The molecule has 0 saturated carbocycles. The van der Waals surface area contributed by atoms with Crippen LogP contribution in [0, 0.1) is 0 Å². The number of rotatable bonds is 8. The lowest BCUT2D eigenvalue weighted by Crippen LogP contribution is -2.47. The van der Waals surface area contributed by atoms with E-state index in [-0.39, 0.29) is 5.91 Å². The summed E-state index contributed by atoms with van der Waals surface area (Å²) in [5.41, 5.74) is 2.49. The van der Waals surface area contributed by atoms with E-state index in [1.165, 1.54) is 11.3 Å². The summed E-state index contributed by atoms with van der Waals surface area (Å²) >= 11 is 0. The first-order valence-corrected chi connectivity index (χ1v) is 9.66. The number of nitrogens with zero attached hydrogens (tertiary/aromatic N) is 2. The van der Waals surface area contributed by atoms with E-state index < -0.39 is 0 Å². The van der Waals surface area contributed by atoms with Gasteiger partial charge in [0.2, 0.25) is 5.91 Å². The van der Waals surface area contributed by atoms with Crippen LogP contribution in [0.4, 0.5) is 5.69 Å². The van der Waals surface area contributed by atoms with E-state index in [4.69, 9.17) is 4.74 Å². The molecule has 1 amide bonds. The van der Waals surface area contributed by atoms with E-state index in [0.717, 1.165) is 44.9 Å². The molecule has 1 aliphatic heterocycles. The van der Waals surface area contributed by atoms with Crippen LogP contribution in [-0.4, -0.2) is 57.2 Å². The van der Waals surface area contributed by atoms with Crippen LogP contribution in [0.2, 0.25) is 0 Å². The fraction of sp³-hybridized carbons (Fsp3) is 0.409. The van der Waals surface area contributed by atoms with Crippen molar-refractivity contribution in [1.29, 1.82) is 0 Å². The molecular formula is C22H29N3O2. The molecule has 0 atom stereocenters. The molecule has 0 aromatic heterocycles. The van der Waals surface area contributed by atoms with Crippen molar-refractivity contribution in [3.8, 4) is 5.75 Å². The highest BCUT2D eigenvalue weighted by Gasteiger charge is 2.17. The Labute approximate surface area is 161 Å². The summed E-state index contributed by atoms with van der Waals surface area (Å²) < 4.78 is 5.22. The highest BCUT2D eigenvalue weighted by molar-refractivity contribution is 5.76. The Hall–Kier alpha value is -2.53. The Kier molecular flexibility index (Phi) is 7.11. The second-order valence-electron chi connectivity index (χ2n) is 6.86. The van der Waals surface area contributed by atoms with Gasteiger partial charge in [-0.25, -0.2) is 0 Å². The summed E-state index contributed by atoms with van der Waals surface area (Å²) in [6.07, 6.45) is 1.45. The molecule has 1 fully saturated rings. The number of ether oxygens (including phenoxy) is 1. The lowest BCUT2D eigenvalue weighted by Gasteiger charge is -2.36. The maximum absolute atomic E-state index is 12.1. The van der Waals surface area contributed by atoms with Gasteiger partial charge in [-0.2, -0.15) is 0 Å². The summed E-state index contributed by atoms with van der Waals surface area (Å²) in [4.78, 5) is 16.8. The van der Waals surface area contributed by atoms with Crippen molar-refractivity contribution >= 4 is 11.6 Å². The Morgan fingerprint density at radius 2 is 1.70 bits per heavy atom. The molecule has 0 bridgehead atoms. The number of hydrogen-bond acceptors (Lipinski definition) is 4. The number of benzene rings is 2. The van der Waals surface area contributed by atoms with Crippen molar-refractivity contribution in [2.75, 3.05) is 51.3 Å².